The van der Waals surface area contributed by atoms with Gasteiger partial charge < -0.3 is 9.22 Å². The second kappa shape index (κ2) is 5.79. The lowest BCUT2D eigenvalue weighted by Crippen LogP contribution is -2.39. The lowest BCUT2D eigenvalue weighted by molar-refractivity contribution is -0.870. The number of quaternary nitrogens is 1. The van der Waals surface area contributed by atoms with E-state index in [0.29, 0.717) is 30.5 Å². The number of ether oxygens (including phenoxy) is 1. The molecule has 0 aliphatic carbocycles. The number of hydrogen-bond acceptors (Lipinski definition) is 3. The summed E-state index contributed by atoms with van der Waals surface area (Å²) in [6, 6.07) is 0. The minimum Gasteiger partial charge on any atom is -0.354 e. The zero-order valence-corrected chi connectivity index (χ0v) is 10.7. The van der Waals surface area contributed by atoms with E-state index in [-0.39, 0.29) is 0 Å². The maximum atomic E-state index is 10.9. The van der Waals surface area contributed by atoms with Crippen LogP contribution in [0.25, 0.3) is 0 Å². The fourth-order valence-electron chi connectivity index (χ4n) is 1.01. The highest BCUT2D eigenvalue weighted by molar-refractivity contribution is 7.86. The lowest BCUT2D eigenvalue weighted by atomic mass is 10.3. The van der Waals surface area contributed by atoms with Gasteiger partial charge in [0, 0.05) is 0 Å². The van der Waals surface area contributed by atoms with Gasteiger partial charge in [-0.1, -0.05) is 13.3 Å². The molecule has 0 saturated heterocycles. The molecule has 0 fully saturated rings. The van der Waals surface area contributed by atoms with Gasteiger partial charge in [-0.05, 0) is 6.42 Å². The fraction of sp³-hybridized carbons (Fsp3) is 1.00. The zero-order chi connectivity index (χ0) is 12.1. The molecule has 1 N–H and O–H groups in total. The number of rotatable bonds is 7. The predicted octanol–water partition coefficient (Wildman–Crippen LogP) is 0.723. The second-order valence-corrected chi connectivity index (χ2v) is 6.17. The van der Waals surface area contributed by atoms with Crippen molar-refractivity contribution in [3.63, 3.8) is 0 Å². The highest BCUT2D eigenvalue weighted by atomic mass is 32.2. The monoisotopic (exact) mass is 240 g/mol. The van der Waals surface area contributed by atoms with Gasteiger partial charge >= 0.3 is 0 Å². The van der Waals surface area contributed by atoms with Crippen LogP contribution in [-0.2, 0) is 14.9 Å². The van der Waals surface area contributed by atoms with Crippen molar-refractivity contribution in [2.45, 2.75) is 25.2 Å². The first kappa shape index (κ1) is 14.8. The molecule has 0 rings (SSSR count). The Morgan fingerprint density at radius 3 is 2.20 bits per heavy atom. The molecule has 0 aliphatic rings. The van der Waals surface area contributed by atoms with Gasteiger partial charge in [0.05, 0.1) is 27.7 Å². The average Bonchev–Trinajstić information content (AvgIpc) is 1.98. The van der Waals surface area contributed by atoms with E-state index >= 15 is 0 Å². The van der Waals surface area contributed by atoms with E-state index in [0.717, 1.165) is 0 Å². The Hall–Kier alpha value is -0.170. The van der Waals surface area contributed by atoms with E-state index in [1.165, 1.54) is 0 Å². The quantitative estimate of drug-likeness (QED) is 0.526. The smallest absolute Gasteiger partial charge is 0.292 e. The number of likely N-dealkylation sites (N-methyl/N-ethyl adjacent to an activating group) is 1. The van der Waals surface area contributed by atoms with Crippen molar-refractivity contribution in [3.8, 4) is 0 Å². The van der Waals surface area contributed by atoms with Crippen molar-refractivity contribution in [2.24, 2.45) is 0 Å². The Balaban J connectivity index is 4.10. The average molecular weight is 240 g/mol. The third-order valence-electron chi connectivity index (χ3n) is 1.92. The second-order valence-electron chi connectivity index (χ2n) is 4.62. The van der Waals surface area contributed by atoms with Gasteiger partial charge in [-0.2, -0.15) is 8.42 Å². The summed E-state index contributed by atoms with van der Waals surface area (Å²) in [5.74, 6) is 0. The summed E-state index contributed by atoms with van der Waals surface area (Å²) >= 11 is 0. The predicted molar refractivity (Wildman–Crippen MR) is 59.1 cm³/mol. The summed E-state index contributed by atoms with van der Waals surface area (Å²) < 4.78 is 36.6. The molecular weight excluding hydrogens is 218 g/mol. The fourth-order valence-corrected chi connectivity index (χ4v) is 1.81. The van der Waals surface area contributed by atoms with Gasteiger partial charge in [0.15, 0.2) is 5.44 Å². The van der Waals surface area contributed by atoms with Crippen LogP contribution in [0.2, 0.25) is 0 Å². The van der Waals surface area contributed by atoms with Crippen LogP contribution in [0.1, 0.15) is 19.8 Å². The Bertz CT molecular complexity index is 268. The first-order valence-corrected chi connectivity index (χ1v) is 6.55. The Kier molecular flexibility index (Phi) is 5.72. The number of hydrogen-bond donors (Lipinski definition) is 1. The van der Waals surface area contributed by atoms with Crippen molar-refractivity contribution in [1.82, 2.24) is 0 Å². The van der Waals surface area contributed by atoms with Crippen molar-refractivity contribution in [1.29, 1.82) is 0 Å². The normalized spacial score (nSPS) is 15.3. The molecule has 6 heteroatoms. The van der Waals surface area contributed by atoms with E-state index in [2.05, 4.69) is 0 Å². The van der Waals surface area contributed by atoms with Crippen LogP contribution in [0.15, 0.2) is 0 Å². The Morgan fingerprint density at radius 2 is 1.87 bits per heavy atom. The van der Waals surface area contributed by atoms with Crippen LogP contribution in [0.3, 0.4) is 0 Å². The summed E-state index contributed by atoms with van der Waals surface area (Å²) in [5, 5.41) is 0. The maximum Gasteiger partial charge on any atom is 0.292 e. The van der Waals surface area contributed by atoms with E-state index in [1.54, 1.807) is 0 Å². The molecule has 0 aromatic rings. The van der Waals surface area contributed by atoms with E-state index in [9.17, 15) is 8.42 Å². The van der Waals surface area contributed by atoms with Crippen LogP contribution in [0.5, 0.6) is 0 Å². The molecule has 0 amide bonds. The molecular formula is C9H22NO4S+. The molecule has 0 aliphatic heterocycles. The van der Waals surface area contributed by atoms with Gasteiger partial charge in [0.25, 0.3) is 10.1 Å². The van der Waals surface area contributed by atoms with Crippen LogP contribution >= 0.6 is 0 Å². The topological polar surface area (TPSA) is 63.6 Å². The Morgan fingerprint density at radius 1 is 1.33 bits per heavy atom. The van der Waals surface area contributed by atoms with Gasteiger partial charge in [-0.25, -0.2) is 0 Å². The standard InChI is InChI=1S/C9H21NO4S/c1-5-6-9(15(11,12)13)14-8-7-10(2,3)4/h9H,5-8H2,1-4H3/p+1. The molecule has 1 atom stereocenters. The van der Waals surface area contributed by atoms with Crippen molar-refractivity contribution in [3.05, 3.63) is 0 Å². The van der Waals surface area contributed by atoms with Crippen LogP contribution in [-0.4, -0.2) is 57.2 Å². The van der Waals surface area contributed by atoms with Crippen LogP contribution < -0.4 is 0 Å². The van der Waals surface area contributed by atoms with Crippen molar-refractivity contribution in [2.75, 3.05) is 34.3 Å². The van der Waals surface area contributed by atoms with Crippen molar-refractivity contribution < 1.29 is 22.2 Å². The third-order valence-corrected chi connectivity index (χ3v) is 2.96. The molecule has 0 spiro atoms. The molecule has 92 valence electrons. The first-order chi connectivity index (χ1) is 6.67. The van der Waals surface area contributed by atoms with Crippen LogP contribution in [0, 0.1) is 0 Å². The minimum atomic E-state index is -4.07. The van der Waals surface area contributed by atoms with Gasteiger partial charge in [-0.15, -0.1) is 0 Å². The lowest BCUT2D eigenvalue weighted by Gasteiger charge is -2.24. The summed E-state index contributed by atoms with van der Waals surface area (Å²) in [4.78, 5) is 0. The van der Waals surface area contributed by atoms with Crippen molar-refractivity contribution >= 4 is 10.1 Å². The molecule has 15 heavy (non-hydrogen) atoms. The summed E-state index contributed by atoms with van der Waals surface area (Å²) in [7, 11) is 1.90. The zero-order valence-electron chi connectivity index (χ0n) is 9.93. The maximum absolute atomic E-state index is 10.9. The molecule has 5 nitrogen and oxygen atoms in total. The minimum absolute atomic E-state index is 0.327. The molecule has 0 aromatic carbocycles. The molecule has 0 radical (unpaired) electrons. The number of nitrogens with zero attached hydrogens (tertiary/aromatic N) is 1. The summed E-state index contributed by atoms with van der Waals surface area (Å²) in [6.07, 6.45) is 0.991. The van der Waals surface area contributed by atoms with Gasteiger partial charge in [0.2, 0.25) is 0 Å². The molecule has 0 bridgehead atoms. The molecule has 0 heterocycles. The van der Waals surface area contributed by atoms with Crippen LogP contribution in [0.4, 0.5) is 0 Å². The van der Waals surface area contributed by atoms with E-state index < -0.39 is 15.6 Å². The Labute approximate surface area is 92.4 Å². The van der Waals surface area contributed by atoms with Gasteiger partial charge in [-0.3, -0.25) is 4.55 Å². The van der Waals surface area contributed by atoms with Gasteiger partial charge in [0.1, 0.15) is 6.54 Å². The van der Waals surface area contributed by atoms with E-state index in [4.69, 9.17) is 9.29 Å². The third kappa shape index (κ3) is 7.72. The molecule has 1 unspecified atom stereocenters. The summed E-state index contributed by atoms with van der Waals surface area (Å²) in [5.41, 5.74) is -1.07. The molecule has 0 saturated carbocycles. The molecule has 0 aromatic heterocycles. The van der Waals surface area contributed by atoms with E-state index in [1.807, 2.05) is 28.1 Å². The SMILES string of the molecule is CCCC(OCC[N+](C)(C)C)S(=O)(=O)O. The summed E-state index contributed by atoms with van der Waals surface area (Å²) in [6.45, 7) is 2.88. The highest BCUT2D eigenvalue weighted by Crippen LogP contribution is 2.09. The first-order valence-electron chi connectivity index (χ1n) is 5.05. The highest BCUT2D eigenvalue weighted by Gasteiger charge is 2.23. The largest absolute Gasteiger partial charge is 0.354 e.